The highest BCUT2D eigenvalue weighted by Gasteiger charge is 2.15. The number of aromatic nitrogens is 2. The van der Waals surface area contributed by atoms with Gasteiger partial charge in [-0.15, -0.1) is 0 Å². The summed E-state index contributed by atoms with van der Waals surface area (Å²) in [6, 6.07) is 36.1. The van der Waals surface area contributed by atoms with Crippen LogP contribution in [0.2, 0.25) is 0 Å². The van der Waals surface area contributed by atoms with Crippen LogP contribution < -0.4 is 21.3 Å². The van der Waals surface area contributed by atoms with Crippen molar-refractivity contribution in [1.29, 1.82) is 0 Å². The van der Waals surface area contributed by atoms with Gasteiger partial charge in [0.2, 0.25) is 0 Å². The maximum Gasteiger partial charge on any atom is 0.175 e. The van der Waals surface area contributed by atoms with Gasteiger partial charge >= 0.3 is 0 Å². The van der Waals surface area contributed by atoms with Crippen molar-refractivity contribution in [2.24, 2.45) is 0 Å². The molecule has 0 aliphatic rings. The number of pyridine rings is 2. The quantitative estimate of drug-likeness (QED) is 0.159. The summed E-state index contributed by atoms with van der Waals surface area (Å²) in [4.78, 5) is 9.27. The summed E-state index contributed by atoms with van der Waals surface area (Å²) < 4.78 is 0. The highest BCUT2D eigenvalue weighted by atomic mass is 32.1. The van der Waals surface area contributed by atoms with Crippen molar-refractivity contribution < 1.29 is 0 Å². The second-order valence-electron chi connectivity index (χ2n) is 9.01. The van der Waals surface area contributed by atoms with E-state index in [9.17, 15) is 0 Å². The predicted molar refractivity (Wildman–Crippen MR) is 175 cm³/mol. The number of benzene rings is 4. The molecule has 0 amide bonds. The fourth-order valence-corrected chi connectivity index (χ4v) is 5.05. The zero-order chi connectivity index (χ0) is 27.3. The third-order valence-electron chi connectivity index (χ3n) is 6.41. The Labute approximate surface area is 242 Å². The summed E-state index contributed by atoms with van der Waals surface area (Å²) in [7, 11) is 0. The van der Waals surface area contributed by atoms with Gasteiger partial charge in [0, 0.05) is 34.5 Å². The molecule has 0 aliphatic carbocycles. The first-order valence-corrected chi connectivity index (χ1v) is 13.5. The van der Waals surface area contributed by atoms with E-state index in [2.05, 4.69) is 67.6 Å². The molecule has 0 bridgehead atoms. The first kappa shape index (κ1) is 25.4. The van der Waals surface area contributed by atoms with Gasteiger partial charge in [0.25, 0.3) is 0 Å². The normalized spacial score (nSPS) is 10.7. The minimum absolute atomic E-state index is 0.448. The van der Waals surface area contributed by atoms with E-state index in [1.54, 1.807) is 12.4 Å². The molecule has 0 saturated carbocycles. The topological polar surface area (TPSA) is 73.9 Å². The summed E-state index contributed by atoms with van der Waals surface area (Å²) in [5.41, 5.74) is 4.56. The minimum Gasteiger partial charge on any atom is -0.332 e. The number of nitrogens with one attached hydrogen (secondary N) is 4. The smallest absolute Gasteiger partial charge is 0.175 e. The lowest BCUT2D eigenvalue weighted by Crippen LogP contribution is -2.21. The predicted octanol–water partition coefficient (Wildman–Crippen LogP) is 8.07. The molecular formula is C32H24N6S2. The van der Waals surface area contributed by atoms with Crippen molar-refractivity contribution in [3.8, 4) is 11.4 Å². The van der Waals surface area contributed by atoms with E-state index in [1.165, 1.54) is 0 Å². The van der Waals surface area contributed by atoms with Crippen LogP contribution >= 0.6 is 24.4 Å². The van der Waals surface area contributed by atoms with Gasteiger partial charge in [0.15, 0.2) is 10.2 Å². The Morgan fingerprint density at radius 2 is 0.800 bits per heavy atom. The van der Waals surface area contributed by atoms with Crippen molar-refractivity contribution in [3.63, 3.8) is 0 Å². The third kappa shape index (κ3) is 5.44. The third-order valence-corrected chi connectivity index (χ3v) is 6.82. The molecule has 6 aromatic rings. The number of hydrogen-bond donors (Lipinski definition) is 4. The van der Waals surface area contributed by atoms with Gasteiger partial charge in [-0.3, -0.25) is 9.97 Å². The Hall–Kier alpha value is -4.92. The fourth-order valence-electron chi connectivity index (χ4n) is 4.61. The van der Waals surface area contributed by atoms with Gasteiger partial charge < -0.3 is 21.3 Å². The van der Waals surface area contributed by atoms with E-state index in [-0.39, 0.29) is 0 Å². The summed E-state index contributed by atoms with van der Waals surface area (Å²) in [6.45, 7) is 0. The van der Waals surface area contributed by atoms with E-state index in [4.69, 9.17) is 24.4 Å². The number of thiocarbonyl (C=S) groups is 2. The summed E-state index contributed by atoms with van der Waals surface area (Å²) in [6.07, 6.45) is 3.46. The van der Waals surface area contributed by atoms with E-state index in [1.807, 2.05) is 72.8 Å². The Kier molecular flexibility index (Phi) is 7.26. The second kappa shape index (κ2) is 11.4. The van der Waals surface area contributed by atoms with Gasteiger partial charge in [0.05, 0.1) is 11.4 Å². The molecule has 40 heavy (non-hydrogen) atoms. The molecule has 0 unspecified atom stereocenters. The van der Waals surface area contributed by atoms with Crippen LogP contribution in [0, 0.1) is 0 Å². The van der Waals surface area contributed by atoms with Crippen molar-refractivity contribution in [1.82, 2.24) is 9.97 Å². The molecule has 0 atom stereocenters. The lowest BCUT2D eigenvalue weighted by molar-refractivity contribution is 1.25. The number of rotatable bonds is 5. The Balaban J connectivity index is 1.23. The first-order chi connectivity index (χ1) is 19.7. The van der Waals surface area contributed by atoms with Crippen LogP contribution in [0.4, 0.5) is 22.7 Å². The van der Waals surface area contributed by atoms with E-state index < -0.39 is 0 Å². The molecule has 4 N–H and O–H groups in total. The standard InChI is InChI=1S/C32H24N6S2/c39-31(35-25-15-5-11-21-9-1-3-13-23(21)25)37-27-17-7-19-33-29(27)30-28(18-8-20-34-30)38-32(40)36-26-16-6-12-22-10-2-4-14-24(22)26/h1-20H,(H2,35,37,39)(H2,36,38,40). The molecule has 0 fully saturated rings. The Bertz CT molecular complexity index is 1720. The van der Waals surface area contributed by atoms with E-state index in [0.29, 0.717) is 21.6 Å². The molecular weight excluding hydrogens is 533 g/mol. The van der Waals surface area contributed by atoms with Crippen LogP contribution in [-0.2, 0) is 0 Å². The molecule has 2 aromatic heterocycles. The highest BCUT2D eigenvalue weighted by molar-refractivity contribution is 7.81. The van der Waals surface area contributed by atoms with E-state index in [0.717, 1.165) is 44.3 Å². The van der Waals surface area contributed by atoms with Gasteiger partial charge in [-0.1, -0.05) is 72.8 Å². The largest absolute Gasteiger partial charge is 0.332 e. The second-order valence-corrected chi connectivity index (χ2v) is 9.83. The lowest BCUT2D eigenvalue weighted by Gasteiger charge is -2.17. The number of nitrogens with zero attached hydrogens (tertiary/aromatic N) is 2. The lowest BCUT2D eigenvalue weighted by atomic mass is 10.1. The molecule has 0 saturated heterocycles. The van der Waals surface area contributed by atoms with Crippen molar-refractivity contribution in [3.05, 3.63) is 122 Å². The van der Waals surface area contributed by atoms with Crippen molar-refractivity contribution in [2.75, 3.05) is 21.3 Å². The molecule has 0 radical (unpaired) electrons. The molecule has 2 heterocycles. The maximum atomic E-state index is 5.69. The van der Waals surface area contributed by atoms with Crippen LogP contribution in [-0.4, -0.2) is 20.2 Å². The van der Waals surface area contributed by atoms with Gasteiger partial charge in [-0.2, -0.15) is 0 Å². The maximum absolute atomic E-state index is 5.69. The van der Waals surface area contributed by atoms with Crippen LogP contribution in [0.25, 0.3) is 32.9 Å². The Morgan fingerprint density at radius 3 is 1.27 bits per heavy atom. The van der Waals surface area contributed by atoms with Crippen LogP contribution in [0.15, 0.2) is 122 Å². The highest BCUT2D eigenvalue weighted by Crippen LogP contribution is 2.31. The summed E-state index contributed by atoms with van der Waals surface area (Å²) in [5.74, 6) is 0. The Morgan fingerprint density at radius 1 is 0.425 bits per heavy atom. The van der Waals surface area contributed by atoms with Crippen molar-refractivity contribution in [2.45, 2.75) is 0 Å². The molecule has 4 aromatic carbocycles. The van der Waals surface area contributed by atoms with Crippen LogP contribution in [0.5, 0.6) is 0 Å². The molecule has 6 nitrogen and oxygen atoms in total. The fraction of sp³-hybridized carbons (Fsp3) is 0. The molecule has 6 rings (SSSR count). The SMILES string of the molecule is S=C(Nc1cccnc1-c1ncccc1NC(=S)Nc1cccc2ccccc12)Nc1cccc2ccccc12. The molecule has 0 spiro atoms. The van der Waals surface area contributed by atoms with Gasteiger partial charge in [-0.05, 0) is 71.6 Å². The average molecular weight is 557 g/mol. The van der Waals surface area contributed by atoms with Crippen molar-refractivity contribution >= 4 is 79.0 Å². The average Bonchev–Trinajstić information content (AvgIpc) is 2.98. The minimum atomic E-state index is 0.448. The van der Waals surface area contributed by atoms with E-state index >= 15 is 0 Å². The molecule has 8 heteroatoms. The first-order valence-electron chi connectivity index (χ1n) is 12.7. The number of hydrogen-bond acceptors (Lipinski definition) is 4. The van der Waals surface area contributed by atoms with Gasteiger partial charge in [-0.25, -0.2) is 0 Å². The number of anilines is 4. The number of fused-ring (bicyclic) bond motifs is 2. The van der Waals surface area contributed by atoms with Crippen LogP contribution in [0.1, 0.15) is 0 Å². The van der Waals surface area contributed by atoms with Gasteiger partial charge in [0.1, 0.15) is 11.4 Å². The summed E-state index contributed by atoms with van der Waals surface area (Å²) >= 11 is 11.4. The molecule has 0 aliphatic heterocycles. The van der Waals surface area contributed by atoms with Crippen LogP contribution in [0.3, 0.4) is 0 Å². The zero-order valence-corrected chi connectivity index (χ0v) is 22.9. The summed E-state index contributed by atoms with van der Waals surface area (Å²) in [5, 5.41) is 18.6. The zero-order valence-electron chi connectivity index (χ0n) is 21.3. The monoisotopic (exact) mass is 556 g/mol. The molecule has 194 valence electrons.